The van der Waals surface area contributed by atoms with Gasteiger partial charge in [-0.15, -0.1) is 11.3 Å². The standard InChI is InChI=1S/C15H15NO2S/c17-11-4-1-3-10(9-11)16-15(18)13-5-2-6-14-12(13)7-8-19-14/h1,3-4,7-9,13,17H,2,5-6H2,(H,16,18). The van der Waals surface area contributed by atoms with Crippen molar-refractivity contribution in [3.63, 3.8) is 0 Å². The average Bonchev–Trinajstić information content (AvgIpc) is 2.86. The largest absolute Gasteiger partial charge is 0.508 e. The van der Waals surface area contributed by atoms with E-state index in [0.717, 1.165) is 19.3 Å². The molecule has 19 heavy (non-hydrogen) atoms. The Morgan fingerprint density at radius 2 is 2.26 bits per heavy atom. The number of benzene rings is 1. The first kappa shape index (κ1) is 12.2. The predicted octanol–water partition coefficient (Wildman–Crippen LogP) is 3.51. The predicted molar refractivity (Wildman–Crippen MR) is 76.7 cm³/mol. The number of carbonyl (C=O) groups is 1. The van der Waals surface area contributed by atoms with Gasteiger partial charge in [0.1, 0.15) is 5.75 Å². The summed E-state index contributed by atoms with van der Waals surface area (Å²) in [6.45, 7) is 0. The van der Waals surface area contributed by atoms with Crippen LogP contribution >= 0.6 is 11.3 Å². The van der Waals surface area contributed by atoms with Crippen molar-refractivity contribution in [1.29, 1.82) is 0 Å². The van der Waals surface area contributed by atoms with Crippen LogP contribution < -0.4 is 5.32 Å². The minimum atomic E-state index is -0.0580. The Bertz CT molecular complexity index is 606. The number of anilines is 1. The van der Waals surface area contributed by atoms with E-state index in [2.05, 4.69) is 16.8 Å². The SMILES string of the molecule is O=C(Nc1cccc(O)c1)C1CCCc2sccc21. The molecule has 2 aromatic rings. The molecule has 0 radical (unpaired) electrons. The third-order valence-corrected chi connectivity index (χ3v) is 4.48. The molecule has 0 aliphatic heterocycles. The Hall–Kier alpha value is -1.81. The van der Waals surface area contributed by atoms with Crippen molar-refractivity contribution in [3.05, 3.63) is 46.2 Å². The maximum atomic E-state index is 12.4. The normalized spacial score (nSPS) is 17.8. The van der Waals surface area contributed by atoms with Crippen molar-refractivity contribution in [1.82, 2.24) is 0 Å². The molecule has 1 aromatic heterocycles. The Kier molecular flexibility index (Phi) is 3.25. The molecule has 1 aliphatic rings. The van der Waals surface area contributed by atoms with Gasteiger partial charge in [-0.05, 0) is 48.4 Å². The highest BCUT2D eigenvalue weighted by Crippen LogP contribution is 2.35. The molecular formula is C15H15NO2S. The summed E-state index contributed by atoms with van der Waals surface area (Å²) in [5.41, 5.74) is 1.82. The van der Waals surface area contributed by atoms with Gasteiger partial charge >= 0.3 is 0 Å². The van der Waals surface area contributed by atoms with Crippen LogP contribution in [0.3, 0.4) is 0 Å². The molecule has 3 rings (SSSR count). The first-order valence-corrected chi connectivity index (χ1v) is 7.28. The maximum absolute atomic E-state index is 12.4. The second-order valence-electron chi connectivity index (χ2n) is 4.78. The smallest absolute Gasteiger partial charge is 0.231 e. The van der Waals surface area contributed by atoms with Gasteiger partial charge in [0.05, 0.1) is 5.92 Å². The van der Waals surface area contributed by atoms with Crippen LogP contribution in [0.5, 0.6) is 5.75 Å². The van der Waals surface area contributed by atoms with Gasteiger partial charge in [0.15, 0.2) is 0 Å². The van der Waals surface area contributed by atoms with Gasteiger partial charge in [0.25, 0.3) is 0 Å². The minimum Gasteiger partial charge on any atom is -0.508 e. The Morgan fingerprint density at radius 3 is 3.11 bits per heavy atom. The number of nitrogens with one attached hydrogen (secondary N) is 1. The maximum Gasteiger partial charge on any atom is 0.231 e. The van der Waals surface area contributed by atoms with E-state index in [-0.39, 0.29) is 17.6 Å². The lowest BCUT2D eigenvalue weighted by Crippen LogP contribution is -2.23. The highest BCUT2D eigenvalue weighted by atomic mass is 32.1. The van der Waals surface area contributed by atoms with Crippen LogP contribution in [0.4, 0.5) is 5.69 Å². The summed E-state index contributed by atoms with van der Waals surface area (Å²) in [6, 6.07) is 8.73. The Labute approximate surface area is 115 Å². The van der Waals surface area contributed by atoms with Crippen LogP contribution in [0.25, 0.3) is 0 Å². The summed E-state index contributed by atoms with van der Waals surface area (Å²) in [6.07, 6.45) is 3.04. The number of amides is 1. The van der Waals surface area contributed by atoms with E-state index in [9.17, 15) is 9.90 Å². The van der Waals surface area contributed by atoms with Crippen molar-refractivity contribution in [2.75, 3.05) is 5.32 Å². The molecule has 1 aliphatic carbocycles. The number of rotatable bonds is 2. The van der Waals surface area contributed by atoms with Gasteiger partial charge in [-0.2, -0.15) is 0 Å². The zero-order valence-electron chi connectivity index (χ0n) is 10.4. The monoisotopic (exact) mass is 273 g/mol. The molecule has 1 unspecified atom stereocenters. The first-order valence-electron chi connectivity index (χ1n) is 6.40. The average molecular weight is 273 g/mol. The van der Waals surface area contributed by atoms with Gasteiger partial charge in [-0.25, -0.2) is 0 Å². The van der Waals surface area contributed by atoms with Gasteiger partial charge in [0.2, 0.25) is 5.91 Å². The molecule has 98 valence electrons. The van der Waals surface area contributed by atoms with Crippen molar-refractivity contribution in [2.45, 2.75) is 25.2 Å². The fraction of sp³-hybridized carbons (Fsp3) is 0.267. The highest BCUT2D eigenvalue weighted by Gasteiger charge is 2.27. The lowest BCUT2D eigenvalue weighted by atomic mass is 9.87. The van der Waals surface area contributed by atoms with Crippen LogP contribution in [0.2, 0.25) is 0 Å². The highest BCUT2D eigenvalue weighted by molar-refractivity contribution is 7.10. The molecular weight excluding hydrogens is 258 g/mol. The molecule has 1 heterocycles. The van der Waals surface area contributed by atoms with Crippen molar-refractivity contribution in [3.8, 4) is 5.75 Å². The summed E-state index contributed by atoms with van der Waals surface area (Å²) in [5.74, 6) is 0.125. The van der Waals surface area contributed by atoms with Crippen molar-refractivity contribution >= 4 is 22.9 Å². The molecule has 0 spiro atoms. The molecule has 0 fully saturated rings. The fourth-order valence-electron chi connectivity index (χ4n) is 2.57. The molecule has 3 nitrogen and oxygen atoms in total. The summed E-state index contributed by atoms with van der Waals surface area (Å²) in [4.78, 5) is 13.7. The third-order valence-electron chi connectivity index (χ3n) is 3.48. The number of hydrogen-bond acceptors (Lipinski definition) is 3. The molecule has 1 aromatic carbocycles. The Balaban J connectivity index is 1.79. The molecule has 0 saturated carbocycles. The van der Waals surface area contributed by atoms with E-state index in [1.165, 1.54) is 10.4 Å². The molecule has 1 atom stereocenters. The van der Waals surface area contributed by atoms with Gasteiger partial charge in [-0.1, -0.05) is 6.07 Å². The quantitative estimate of drug-likeness (QED) is 0.879. The topological polar surface area (TPSA) is 49.3 Å². The van der Waals surface area contributed by atoms with Crippen LogP contribution in [0.1, 0.15) is 29.2 Å². The zero-order valence-corrected chi connectivity index (χ0v) is 11.2. The number of aromatic hydroxyl groups is 1. The Morgan fingerprint density at radius 1 is 1.37 bits per heavy atom. The lowest BCUT2D eigenvalue weighted by molar-refractivity contribution is -0.117. The summed E-state index contributed by atoms with van der Waals surface area (Å²) in [5, 5.41) is 14.4. The van der Waals surface area contributed by atoms with Gasteiger partial charge in [-0.3, -0.25) is 4.79 Å². The van der Waals surface area contributed by atoms with Crippen LogP contribution in [-0.2, 0) is 11.2 Å². The van der Waals surface area contributed by atoms with E-state index in [4.69, 9.17) is 0 Å². The van der Waals surface area contributed by atoms with E-state index >= 15 is 0 Å². The first-order chi connectivity index (χ1) is 9.24. The second kappa shape index (κ2) is 5.05. The molecule has 1 amide bonds. The van der Waals surface area contributed by atoms with Crippen LogP contribution in [-0.4, -0.2) is 11.0 Å². The van der Waals surface area contributed by atoms with Crippen LogP contribution in [0.15, 0.2) is 35.7 Å². The van der Waals surface area contributed by atoms with Gasteiger partial charge in [0, 0.05) is 16.6 Å². The molecule has 0 bridgehead atoms. The molecule has 2 N–H and O–H groups in total. The van der Waals surface area contributed by atoms with E-state index in [0.29, 0.717) is 5.69 Å². The van der Waals surface area contributed by atoms with Crippen molar-refractivity contribution < 1.29 is 9.90 Å². The number of hydrogen-bond donors (Lipinski definition) is 2. The number of carbonyl (C=O) groups excluding carboxylic acids is 1. The molecule has 4 heteroatoms. The lowest BCUT2D eigenvalue weighted by Gasteiger charge is -2.21. The number of fused-ring (bicyclic) bond motifs is 1. The van der Waals surface area contributed by atoms with E-state index in [1.54, 1.807) is 35.6 Å². The summed E-state index contributed by atoms with van der Waals surface area (Å²) < 4.78 is 0. The van der Waals surface area contributed by atoms with E-state index in [1.807, 2.05) is 0 Å². The van der Waals surface area contributed by atoms with Crippen molar-refractivity contribution in [2.24, 2.45) is 0 Å². The number of thiophene rings is 1. The van der Waals surface area contributed by atoms with Gasteiger partial charge < -0.3 is 10.4 Å². The molecule has 0 saturated heterocycles. The summed E-state index contributed by atoms with van der Waals surface area (Å²) >= 11 is 1.74. The number of aryl methyl sites for hydroxylation is 1. The number of phenols is 1. The second-order valence-corrected chi connectivity index (χ2v) is 5.78. The third kappa shape index (κ3) is 2.49. The zero-order chi connectivity index (χ0) is 13.2. The van der Waals surface area contributed by atoms with Crippen LogP contribution in [0, 0.1) is 0 Å². The number of phenolic OH excluding ortho intramolecular Hbond substituents is 1. The minimum absolute atomic E-state index is 0.0185. The summed E-state index contributed by atoms with van der Waals surface area (Å²) in [7, 11) is 0. The fourth-order valence-corrected chi connectivity index (χ4v) is 3.56. The van der Waals surface area contributed by atoms with E-state index < -0.39 is 0 Å².